The number of benzene rings is 1. The van der Waals surface area contributed by atoms with Gasteiger partial charge in [0.25, 0.3) is 5.69 Å². The fraction of sp³-hybridized carbons (Fsp3) is 0.111. The molecule has 0 saturated heterocycles. The van der Waals surface area contributed by atoms with E-state index in [1.54, 1.807) is 0 Å². The molecule has 5 heteroatoms. The molecule has 0 aliphatic carbocycles. The number of aliphatic hydroxyl groups excluding tert-OH is 1. The van der Waals surface area contributed by atoms with Gasteiger partial charge >= 0.3 is 0 Å². The highest BCUT2D eigenvalue weighted by molar-refractivity contribution is 5.59. The third-order valence-electron chi connectivity index (χ3n) is 1.95. The van der Waals surface area contributed by atoms with Crippen LogP contribution in [0.3, 0.4) is 0 Å². The number of hydrogen-bond donors (Lipinski definition) is 2. The number of aliphatic hydroxyl groups is 1. The maximum absolute atomic E-state index is 11.0. The lowest BCUT2D eigenvalue weighted by Gasteiger charge is -1.90. The fourth-order valence-electron chi connectivity index (χ4n) is 1.26. The first kappa shape index (κ1) is 8.71. The lowest BCUT2D eigenvalue weighted by molar-refractivity contribution is -0.720. The van der Waals surface area contributed by atoms with Crippen molar-refractivity contribution in [1.29, 1.82) is 0 Å². The van der Waals surface area contributed by atoms with Crippen LogP contribution in [-0.2, 0) is 6.61 Å². The first-order chi connectivity index (χ1) is 6.83. The predicted octanol–water partition coefficient (Wildman–Crippen LogP) is 0.681. The highest BCUT2D eigenvalue weighted by Crippen LogP contribution is 2.17. The lowest BCUT2D eigenvalue weighted by atomic mass is 10.1. The summed E-state index contributed by atoms with van der Waals surface area (Å²) < 4.78 is 4.78. The maximum Gasteiger partial charge on any atom is 0.275 e. The van der Waals surface area contributed by atoms with E-state index in [1.807, 2.05) is 30.3 Å². The average molecular weight is 193 g/mol. The van der Waals surface area contributed by atoms with Gasteiger partial charge in [0.15, 0.2) is 4.60 Å². The zero-order valence-corrected chi connectivity index (χ0v) is 7.30. The Morgan fingerprint density at radius 1 is 1.36 bits per heavy atom. The van der Waals surface area contributed by atoms with Crippen molar-refractivity contribution in [2.75, 3.05) is 0 Å². The summed E-state index contributed by atoms with van der Waals surface area (Å²) in [5, 5.41) is 11.4. The van der Waals surface area contributed by atoms with Gasteiger partial charge in [0.05, 0.1) is 0 Å². The van der Waals surface area contributed by atoms with Crippen LogP contribution in [0, 0.1) is 4.91 Å². The molecule has 0 fully saturated rings. The Labute approximate surface area is 79.1 Å². The molecule has 0 radical (unpaired) electrons. The molecular formula is C9H9N2O3+. The summed E-state index contributed by atoms with van der Waals surface area (Å²) in [6.07, 6.45) is 0. The molecule has 2 rings (SSSR count). The molecule has 0 saturated carbocycles. The number of H-pyrrole nitrogens is 1. The summed E-state index contributed by atoms with van der Waals surface area (Å²) in [5.41, 5.74) is 1.48. The van der Waals surface area contributed by atoms with Crippen molar-refractivity contribution >= 4 is 0 Å². The van der Waals surface area contributed by atoms with Crippen molar-refractivity contribution < 1.29 is 14.3 Å². The Hall–Kier alpha value is -1.88. The molecule has 5 nitrogen and oxygen atoms in total. The van der Waals surface area contributed by atoms with Crippen LogP contribution in [0.2, 0.25) is 0 Å². The second-order valence-corrected chi connectivity index (χ2v) is 2.80. The molecular weight excluding hydrogens is 184 g/mol. The van der Waals surface area contributed by atoms with Gasteiger partial charge in [-0.05, 0) is 4.91 Å². The van der Waals surface area contributed by atoms with Crippen molar-refractivity contribution in [2.24, 2.45) is 0 Å². The predicted molar refractivity (Wildman–Crippen MR) is 47.8 cm³/mol. The Morgan fingerprint density at radius 3 is 2.71 bits per heavy atom. The molecule has 0 aliphatic heterocycles. The second kappa shape index (κ2) is 3.47. The van der Waals surface area contributed by atoms with Crippen LogP contribution in [-0.4, -0.2) is 10.3 Å². The molecule has 2 aromatic rings. The van der Waals surface area contributed by atoms with Crippen LogP contribution in [0.25, 0.3) is 11.3 Å². The topological polar surface area (TPSA) is 72.1 Å². The number of nitrogens with one attached hydrogen (secondary N) is 1. The highest BCUT2D eigenvalue weighted by Gasteiger charge is 2.19. The molecule has 2 N–H and O–H groups in total. The van der Waals surface area contributed by atoms with Gasteiger partial charge < -0.3 is 5.11 Å². The molecule has 0 atom stereocenters. The van der Waals surface area contributed by atoms with Gasteiger partial charge in [-0.3, -0.25) is 0 Å². The third-order valence-corrected chi connectivity index (χ3v) is 1.95. The first-order valence-electron chi connectivity index (χ1n) is 4.12. The number of rotatable bonds is 2. The normalized spacial score (nSPS) is 10.4. The molecule has 0 bridgehead atoms. The molecule has 72 valence electrons. The van der Waals surface area contributed by atoms with Gasteiger partial charge in [-0.2, -0.15) is 0 Å². The van der Waals surface area contributed by atoms with Crippen molar-refractivity contribution in [3.8, 4) is 11.3 Å². The molecule has 0 aliphatic rings. The molecule has 14 heavy (non-hydrogen) atoms. The van der Waals surface area contributed by atoms with Crippen molar-refractivity contribution in [3.05, 3.63) is 40.9 Å². The molecule has 0 unspecified atom stereocenters. The molecule has 1 heterocycles. The maximum atomic E-state index is 11.0. The van der Waals surface area contributed by atoms with E-state index in [9.17, 15) is 4.91 Å². The first-order valence-corrected chi connectivity index (χ1v) is 4.12. The van der Waals surface area contributed by atoms with Gasteiger partial charge in [0.1, 0.15) is 6.61 Å². The van der Waals surface area contributed by atoms with Crippen LogP contribution in [0.4, 0.5) is 0 Å². The van der Waals surface area contributed by atoms with E-state index >= 15 is 0 Å². The van der Waals surface area contributed by atoms with Crippen molar-refractivity contribution in [3.63, 3.8) is 0 Å². The minimum Gasteiger partial charge on any atom is -0.387 e. The highest BCUT2D eigenvalue weighted by atomic mass is 16.7. The van der Waals surface area contributed by atoms with Crippen LogP contribution in [0.15, 0.2) is 35.0 Å². The van der Waals surface area contributed by atoms with Crippen LogP contribution < -0.4 is 4.60 Å². The number of aromatic nitrogens is 2. The second-order valence-electron chi connectivity index (χ2n) is 2.80. The smallest absolute Gasteiger partial charge is 0.275 e. The number of nitrogens with zero attached hydrogens (tertiary/aromatic N) is 1. The van der Waals surface area contributed by atoms with Gasteiger partial charge in [-0.15, -0.1) is 0 Å². The summed E-state index contributed by atoms with van der Waals surface area (Å²) >= 11 is 0. The largest absolute Gasteiger partial charge is 0.387 e. The summed E-state index contributed by atoms with van der Waals surface area (Å²) in [6.45, 7) is -0.360. The molecule has 0 amide bonds. The zero-order chi connectivity index (χ0) is 9.97. The number of aromatic amines is 1. The van der Waals surface area contributed by atoms with Gasteiger partial charge in [0.2, 0.25) is 5.69 Å². The van der Waals surface area contributed by atoms with Crippen molar-refractivity contribution in [1.82, 2.24) is 5.16 Å². The van der Waals surface area contributed by atoms with Crippen LogP contribution in [0.1, 0.15) is 5.69 Å². The van der Waals surface area contributed by atoms with Gasteiger partial charge in [-0.25, -0.2) is 0 Å². The summed E-state index contributed by atoms with van der Waals surface area (Å²) in [7, 11) is 0. The minimum absolute atomic E-state index is 0.177. The van der Waals surface area contributed by atoms with Crippen molar-refractivity contribution in [2.45, 2.75) is 6.61 Å². The minimum atomic E-state index is -0.360. The van der Waals surface area contributed by atoms with E-state index in [1.165, 1.54) is 0 Å². The fourth-order valence-corrected chi connectivity index (χ4v) is 1.26. The Kier molecular flexibility index (Phi) is 2.16. The Bertz CT molecular complexity index is 472. The van der Waals surface area contributed by atoms with E-state index in [-0.39, 0.29) is 16.9 Å². The summed E-state index contributed by atoms with van der Waals surface area (Å²) in [6, 6.07) is 9.19. The molecule has 1 aromatic heterocycles. The zero-order valence-electron chi connectivity index (χ0n) is 7.30. The number of hydrogen-bond acceptors (Lipinski definition) is 3. The Morgan fingerprint density at radius 2 is 2.07 bits per heavy atom. The summed E-state index contributed by atoms with van der Waals surface area (Å²) in [5.74, 6) is 0. The quantitative estimate of drug-likeness (QED) is 0.736. The third kappa shape index (κ3) is 1.33. The van der Waals surface area contributed by atoms with Gasteiger partial charge in [0, 0.05) is 5.56 Å². The monoisotopic (exact) mass is 193 g/mol. The standard InChI is InChI=1S/C9H9N2O3/c12-6-8-9(10-14-11(8)13)7-4-2-1-3-5-7/h1-5,10,12H,6H2/q+1. The van der Waals surface area contributed by atoms with Gasteiger partial charge in [-0.1, -0.05) is 40.1 Å². The molecule has 0 spiro atoms. The summed E-state index contributed by atoms with van der Waals surface area (Å²) in [4.78, 5) is 11.0. The van der Waals surface area contributed by atoms with E-state index in [4.69, 9.17) is 5.11 Å². The Balaban J connectivity index is 2.57. The molecule has 1 aromatic carbocycles. The van der Waals surface area contributed by atoms with E-state index in [0.29, 0.717) is 5.69 Å². The SMILES string of the molecule is O=[n+]1o[nH]c(-c2ccccc2)c1CO. The van der Waals surface area contributed by atoms with E-state index in [2.05, 4.69) is 9.79 Å². The van der Waals surface area contributed by atoms with E-state index < -0.39 is 0 Å². The van der Waals surface area contributed by atoms with Crippen LogP contribution in [0.5, 0.6) is 0 Å². The lowest BCUT2D eigenvalue weighted by Crippen LogP contribution is -2.15. The van der Waals surface area contributed by atoms with E-state index in [0.717, 1.165) is 5.56 Å². The average Bonchev–Trinajstić information content (AvgIpc) is 2.61. The van der Waals surface area contributed by atoms with Crippen LogP contribution >= 0.6 is 0 Å².